The van der Waals surface area contributed by atoms with Crippen LogP contribution in [0.5, 0.6) is 11.5 Å². The highest BCUT2D eigenvalue weighted by atomic mass is 16.7. The van der Waals surface area contributed by atoms with Crippen LogP contribution >= 0.6 is 0 Å². The summed E-state index contributed by atoms with van der Waals surface area (Å²) in [6.07, 6.45) is 0. The molecular formula is C21H15N3O2. The van der Waals surface area contributed by atoms with Crippen LogP contribution in [-0.4, -0.2) is 17.0 Å². The SMILES string of the molecule is c1ccc(-c2nnc(Nc3ccc4c(c3)OCO4)c3ccccc23)cc1. The van der Waals surface area contributed by atoms with Crippen molar-refractivity contribution in [3.63, 3.8) is 0 Å². The van der Waals surface area contributed by atoms with Gasteiger partial charge in [0, 0.05) is 28.1 Å². The van der Waals surface area contributed by atoms with Gasteiger partial charge in [0.15, 0.2) is 17.3 Å². The van der Waals surface area contributed by atoms with Crippen molar-refractivity contribution in [3.8, 4) is 22.8 Å². The van der Waals surface area contributed by atoms with Crippen LogP contribution < -0.4 is 14.8 Å². The van der Waals surface area contributed by atoms with Gasteiger partial charge in [0.25, 0.3) is 0 Å². The van der Waals surface area contributed by atoms with Gasteiger partial charge < -0.3 is 14.8 Å². The summed E-state index contributed by atoms with van der Waals surface area (Å²) >= 11 is 0. The minimum atomic E-state index is 0.257. The quantitative estimate of drug-likeness (QED) is 0.582. The third-order valence-corrected chi connectivity index (χ3v) is 4.37. The van der Waals surface area contributed by atoms with E-state index < -0.39 is 0 Å². The molecule has 0 bridgehead atoms. The molecule has 0 spiro atoms. The topological polar surface area (TPSA) is 56.3 Å². The van der Waals surface area contributed by atoms with Crippen LogP contribution in [0.25, 0.3) is 22.0 Å². The number of rotatable bonds is 3. The maximum absolute atomic E-state index is 5.44. The zero-order valence-corrected chi connectivity index (χ0v) is 13.8. The molecule has 26 heavy (non-hydrogen) atoms. The van der Waals surface area contributed by atoms with E-state index in [0.29, 0.717) is 5.82 Å². The molecule has 0 saturated heterocycles. The van der Waals surface area contributed by atoms with Gasteiger partial charge in [-0.2, -0.15) is 0 Å². The summed E-state index contributed by atoms with van der Waals surface area (Å²) in [5.74, 6) is 2.19. The molecule has 5 rings (SSSR count). The number of anilines is 2. The first kappa shape index (κ1) is 14.7. The molecule has 0 amide bonds. The second-order valence-corrected chi connectivity index (χ2v) is 6.00. The standard InChI is InChI=1S/C21H15N3O2/c1-2-6-14(7-3-1)20-16-8-4-5-9-17(16)21(24-23-20)22-15-10-11-18-19(12-15)26-13-25-18/h1-12H,13H2,(H,22,24). The molecule has 0 fully saturated rings. The first-order chi connectivity index (χ1) is 12.9. The number of hydrogen-bond acceptors (Lipinski definition) is 5. The lowest BCUT2D eigenvalue weighted by Gasteiger charge is -2.11. The van der Waals surface area contributed by atoms with Gasteiger partial charge in [-0.05, 0) is 12.1 Å². The van der Waals surface area contributed by atoms with Gasteiger partial charge in [-0.3, -0.25) is 0 Å². The van der Waals surface area contributed by atoms with E-state index in [0.717, 1.165) is 39.2 Å². The van der Waals surface area contributed by atoms with Gasteiger partial charge in [0.2, 0.25) is 6.79 Å². The number of ether oxygens (including phenoxy) is 2. The third-order valence-electron chi connectivity index (χ3n) is 4.37. The van der Waals surface area contributed by atoms with Crippen molar-refractivity contribution in [2.24, 2.45) is 0 Å². The summed E-state index contributed by atoms with van der Waals surface area (Å²) in [6.45, 7) is 0.257. The summed E-state index contributed by atoms with van der Waals surface area (Å²) in [5.41, 5.74) is 2.80. The summed E-state index contributed by atoms with van der Waals surface area (Å²) in [6, 6.07) is 24.0. The second kappa shape index (κ2) is 6.04. The monoisotopic (exact) mass is 341 g/mol. The Morgan fingerprint density at radius 2 is 1.50 bits per heavy atom. The average Bonchev–Trinajstić information content (AvgIpc) is 3.17. The van der Waals surface area contributed by atoms with Crippen molar-refractivity contribution in [3.05, 3.63) is 72.8 Å². The molecule has 0 radical (unpaired) electrons. The van der Waals surface area contributed by atoms with Gasteiger partial charge in [-0.1, -0.05) is 54.6 Å². The fourth-order valence-electron chi connectivity index (χ4n) is 3.12. The van der Waals surface area contributed by atoms with Crippen molar-refractivity contribution in [2.75, 3.05) is 12.1 Å². The lowest BCUT2D eigenvalue weighted by atomic mass is 10.0. The summed E-state index contributed by atoms with van der Waals surface area (Å²) in [4.78, 5) is 0. The Bertz CT molecular complexity index is 1100. The fourth-order valence-corrected chi connectivity index (χ4v) is 3.12. The molecule has 1 aliphatic rings. The Morgan fingerprint density at radius 3 is 2.38 bits per heavy atom. The van der Waals surface area contributed by atoms with E-state index in [1.807, 2.05) is 66.7 Å². The molecule has 1 N–H and O–H groups in total. The van der Waals surface area contributed by atoms with Crippen molar-refractivity contribution < 1.29 is 9.47 Å². The van der Waals surface area contributed by atoms with Crippen LogP contribution in [0.3, 0.4) is 0 Å². The number of nitrogens with one attached hydrogen (secondary N) is 1. The molecule has 1 aromatic heterocycles. The van der Waals surface area contributed by atoms with Gasteiger partial charge in [0.1, 0.15) is 5.69 Å². The molecule has 0 atom stereocenters. The molecule has 5 nitrogen and oxygen atoms in total. The van der Waals surface area contributed by atoms with E-state index in [2.05, 4.69) is 21.6 Å². The average molecular weight is 341 g/mol. The van der Waals surface area contributed by atoms with E-state index in [-0.39, 0.29) is 6.79 Å². The Balaban J connectivity index is 1.59. The maximum Gasteiger partial charge on any atom is 0.231 e. The fraction of sp³-hybridized carbons (Fsp3) is 0.0476. The lowest BCUT2D eigenvalue weighted by molar-refractivity contribution is 0.174. The highest BCUT2D eigenvalue weighted by Crippen LogP contribution is 2.36. The summed E-state index contributed by atoms with van der Waals surface area (Å²) in [7, 11) is 0. The molecule has 3 aromatic carbocycles. The number of nitrogens with zero attached hydrogens (tertiary/aromatic N) is 2. The molecule has 4 aromatic rings. The normalized spacial score (nSPS) is 12.3. The van der Waals surface area contributed by atoms with E-state index in [1.54, 1.807) is 0 Å². The van der Waals surface area contributed by atoms with Crippen molar-refractivity contribution in [2.45, 2.75) is 0 Å². The first-order valence-corrected chi connectivity index (χ1v) is 8.36. The van der Waals surface area contributed by atoms with Gasteiger partial charge in [0.05, 0.1) is 0 Å². The second-order valence-electron chi connectivity index (χ2n) is 6.00. The smallest absolute Gasteiger partial charge is 0.231 e. The molecule has 0 aliphatic carbocycles. The summed E-state index contributed by atoms with van der Waals surface area (Å²) < 4.78 is 10.8. The molecule has 0 saturated carbocycles. The van der Waals surface area contributed by atoms with Crippen molar-refractivity contribution in [1.29, 1.82) is 0 Å². The minimum absolute atomic E-state index is 0.257. The highest BCUT2D eigenvalue weighted by Gasteiger charge is 2.15. The lowest BCUT2D eigenvalue weighted by Crippen LogP contribution is -1.99. The van der Waals surface area contributed by atoms with E-state index >= 15 is 0 Å². The minimum Gasteiger partial charge on any atom is -0.454 e. The molecule has 1 aliphatic heterocycles. The van der Waals surface area contributed by atoms with E-state index in [4.69, 9.17) is 9.47 Å². The van der Waals surface area contributed by atoms with E-state index in [9.17, 15) is 0 Å². The molecule has 126 valence electrons. The molecule has 0 unspecified atom stereocenters. The number of fused-ring (bicyclic) bond motifs is 2. The van der Waals surface area contributed by atoms with Crippen LogP contribution in [0.2, 0.25) is 0 Å². The van der Waals surface area contributed by atoms with E-state index in [1.165, 1.54) is 0 Å². The first-order valence-electron chi connectivity index (χ1n) is 8.36. The zero-order chi connectivity index (χ0) is 17.3. The molecule has 2 heterocycles. The largest absolute Gasteiger partial charge is 0.454 e. The molecular weight excluding hydrogens is 326 g/mol. The molecule has 5 heteroatoms. The van der Waals surface area contributed by atoms with Crippen LogP contribution in [0, 0.1) is 0 Å². The third kappa shape index (κ3) is 2.50. The number of benzene rings is 3. The maximum atomic E-state index is 5.44. The number of aromatic nitrogens is 2. The Labute approximate surface area is 150 Å². The van der Waals surface area contributed by atoms with Gasteiger partial charge in [-0.25, -0.2) is 0 Å². The zero-order valence-electron chi connectivity index (χ0n) is 13.8. The Hall–Kier alpha value is -3.60. The van der Waals surface area contributed by atoms with Crippen LogP contribution in [0.15, 0.2) is 72.8 Å². The van der Waals surface area contributed by atoms with Gasteiger partial charge >= 0.3 is 0 Å². The Kier molecular flexibility index (Phi) is 3.42. The Morgan fingerprint density at radius 1 is 0.731 bits per heavy atom. The van der Waals surface area contributed by atoms with Crippen LogP contribution in [-0.2, 0) is 0 Å². The predicted molar refractivity (Wildman–Crippen MR) is 101 cm³/mol. The van der Waals surface area contributed by atoms with Crippen LogP contribution in [0.4, 0.5) is 11.5 Å². The summed E-state index contributed by atoms with van der Waals surface area (Å²) in [5, 5.41) is 14.3. The van der Waals surface area contributed by atoms with Crippen LogP contribution in [0.1, 0.15) is 0 Å². The highest BCUT2D eigenvalue weighted by molar-refractivity contribution is 6.00. The predicted octanol–water partition coefficient (Wildman–Crippen LogP) is 4.77. The van der Waals surface area contributed by atoms with Gasteiger partial charge in [-0.15, -0.1) is 10.2 Å². The number of hydrogen-bond donors (Lipinski definition) is 1. The van der Waals surface area contributed by atoms with Crippen molar-refractivity contribution in [1.82, 2.24) is 10.2 Å². The van der Waals surface area contributed by atoms with Crippen molar-refractivity contribution >= 4 is 22.3 Å².